The summed E-state index contributed by atoms with van der Waals surface area (Å²) in [7, 11) is 0. The molecule has 4 atom stereocenters. The van der Waals surface area contributed by atoms with E-state index in [9.17, 15) is 14.4 Å². The Morgan fingerprint density at radius 3 is 2.23 bits per heavy atom. The number of carboxylic acids is 1. The third kappa shape index (κ3) is 7.13. The van der Waals surface area contributed by atoms with Gasteiger partial charge in [0.25, 0.3) is 0 Å². The van der Waals surface area contributed by atoms with Gasteiger partial charge in [0.1, 0.15) is 12.1 Å². The van der Waals surface area contributed by atoms with Gasteiger partial charge in [0, 0.05) is 0 Å². The smallest absolute Gasteiger partial charge is 0.326 e. The first-order valence-electron chi connectivity index (χ1n) is 7.32. The third-order valence-corrected chi connectivity index (χ3v) is 4.14. The molecule has 0 fully saturated rings. The maximum absolute atomic E-state index is 12.0. The molecule has 7 nitrogen and oxygen atoms in total. The zero-order chi connectivity index (χ0) is 17.3. The highest BCUT2D eigenvalue weighted by Crippen LogP contribution is 2.08. The van der Waals surface area contributed by atoms with Crippen LogP contribution in [0.3, 0.4) is 0 Å². The molecule has 0 spiro atoms. The molecular formula is C14H27N3O4S. The van der Waals surface area contributed by atoms with Crippen LogP contribution in [0.4, 0.5) is 0 Å². The van der Waals surface area contributed by atoms with E-state index in [-0.39, 0.29) is 5.92 Å². The number of hydrogen-bond acceptors (Lipinski definition) is 5. The Hall–Kier alpha value is -1.28. The Labute approximate surface area is 135 Å². The number of aliphatic carboxylic acids is 1. The van der Waals surface area contributed by atoms with Crippen LogP contribution in [0, 0.1) is 5.92 Å². The highest BCUT2D eigenvalue weighted by Gasteiger charge is 2.28. The van der Waals surface area contributed by atoms with Crippen molar-refractivity contribution < 1.29 is 19.5 Å². The van der Waals surface area contributed by atoms with Gasteiger partial charge in [-0.05, 0) is 31.3 Å². The van der Waals surface area contributed by atoms with Crippen molar-refractivity contribution in [3.63, 3.8) is 0 Å². The van der Waals surface area contributed by atoms with E-state index in [1.807, 2.05) is 13.2 Å². The van der Waals surface area contributed by atoms with Crippen molar-refractivity contribution in [3.8, 4) is 0 Å². The summed E-state index contributed by atoms with van der Waals surface area (Å²) < 4.78 is 0. The number of nitrogens with two attached hydrogens (primary N) is 1. The van der Waals surface area contributed by atoms with E-state index in [0.717, 1.165) is 5.75 Å². The van der Waals surface area contributed by atoms with E-state index in [1.54, 1.807) is 18.7 Å². The fraction of sp³-hybridized carbons (Fsp3) is 0.786. The van der Waals surface area contributed by atoms with Gasteiger partial charge in [-0.3, -0.25) is 9.59 Å². The second kappa shape index (κ2) is 10.4. The monoisotopic (exact) mass is 333 g/mol. The van der Waals surface area contributed by atoms with Crippen LogP contribution in [0.2, 0.25) is 0 Å². The van der Waals surface area contributed by atoms with Gasteiger partial charge in [0.15, 0.2) is 0 Å². The zero-order valence-electron chi connectivity index (χ0n) is 13.6. The van der Waals surface area contributed by atoms with Gasteiger partial charge >= 0.3 is 5.97 Å². The summed E-state index contributed by atoms with van der Waals surface area (Å²) >= 11 is 1.59. The Bertz CT molecular complexity index is 392. The molecule has 128 valence electrons. The Kier molecular flexibility index (Phi) is 9.84. The summed E-state index contributed by atoms with van der Waals surface area (Å²) in [5, 5.41) is 14.1. The second-order valence-corrected chi connectivity index (χ2v) is 6.31. The molecule has 0 aliphatic heterocycles. The maximum Gasteiger partial charge on any atom is 0.326 e. The van der Waals surface area contributed by atoms with E-state index in [2.05, 4.69) is 10.6 Å². The van der Waals surface area contributed by atoms with Crippen LogP contribution in [0.5, 0.6) is 0 Å². The van der Waals surface area contributed by atoms with Crippen molar-refractivity contribution in [1.82, 2.24) is 10.6 Å². The molecule has 8 heteroatoms. The lowest BCUT2D eigenvalue weighted by Crippen LogP contribution is -2.54. The van der Waals surface area contributed by atoms with Crippen LogP contribution < -0.4 is 16.4 Å². The highest BCUT2D eigenvalue weighted by molar-refractivity contribution is 7.98. The molecule has 0 bridgehead atoms. The number of amides is 2. The molecule has 0 rings (SSSR count). The Morgan fingerprint density at radius 1 is 1.18 bits per heavy atom. The van der Waals surface area contributed by atoms with Crippen LogP contribution >= 0.6 is 11.8 Å². The summed E-state index contributed by atoms with van der Waals surface area (Å²) in [6.07, 6.45) is 3.06. The Morgan fingerprint density at radius 2 is 1.77 bits per heavy atom. The van der Waals surface area contributed by atoms with Gasteiger partial charge in [0.05, 0.1) is 6.04 Å². The number of carbonyl (C=O) groups is 3. The van der Waals surface area contributed by atoms with Crippen molar-refractivity contribution in [3.05, 3.63) is 0 Å². The van der Waals surface area contributed by atoms with Crippen LogP contribution in [0.25, 0.3) is 0 Å². The van der Waals surface area contributed by atoms with Crippen LogP contribution in [-0.4, -0.2) is 53.0 Å². The molecular weight excluding hydrogens is 306 g/mol. The molecule has 0 saturated carbocycles. The topological polar surface area (TPSA) is 122 Å². The lowest BCUT2D eigenvalue weighted by Gasteiger charge is -2.23. The molecule has 0 saturated heterocycles. The van der Waals surface area contributed by atoms with Crippen molar-refractivity contribution in [1.29, 1.82) is 0 Å². The quantitative estimate of drug-likeness (QED) is 0.453. The van der Waals surface area contributed by atoms with E-state index in [1.165, 1.54) is 6.92 Å². The minimum Gasteiger partial charge on any atom is -0.480 e. The number of hydrogen-bond donors (Lipinski definition) is 4. The van der Waals surface area contributed by atoms with E-state index < -0.39 is 35.9 Å². The third-order valence-electron chi connectivity index (χ3n) is 3.50. The number of thioether (sulfide) groups is 1. The fourth-order valence-corrected chi connectivity index (χ4v) is 2.21. The lowest BCUT2D eigenvalue weighted by atomic mass is 9.99. The second-order valence-electron chi connectivity index (χ2n) is 5.33. The van der Waals surface area contributed by atoms with Gasteiger partial charge in [-0.1, -0.05) is 20.3 Å². The van der Waals surface area contributed by atoms with Crippen molar-refractivity contribution in [2.75, 3.05) is 12.0 Å². The van der Waals surface area contributed by atoms with E-state index >= 15 is 0 Å². The molecule has 22 heavy (non-hydrogen) atoms. The van der Waals surface area contributed by atoms with Crippen LogP contribution in [0.1, 0.15) is 33.6 Å². The van der Waals surface area contributed by atoms with Gasteiger partial charge in [-0.2, -0.15) is 11.8 Å². The van der Waals surface area contributed by atoms with Crippen LogP contribution in [0.15, 0.2) is 0 Å². The van der Waals surface area contributed by atoms with Gasteiger partial charge in [-0.25, -0.2) is 4.79 Å². The molecule has 0 aromatic carbocycles. The first-order chi connectivity index (χ1) is 10.2. The number of carbonyl (C=O) groups excluding carboxylic acids is 2. The van der Waals surface area contributed by atoms with Gasteiger partial charge in [0.2, 0.25) is 11.8 Å². The van der Waals surface area contributed by atoms with E-state index in [0.29, 0.717) is 12.8 Å². The predicted molar refractivity (Wildman–Crippen MR) is 87.6 cm³/mol. The van der Waals surface area contributed by atoms with Crippen molar-refractivity contribution in [2.24, 2.45) is 11.7 Å². The molecule has 0 aromatic rings. The molecule has 5 N–H and O–H groups in total. The molecule has 0 radical (unpaired) electrons. The summed E-state index contributed by atoms with van der Waals surface area (Å²) in [6.45, 7) is 5.10. The average molecular weight is 333 g/mol. The minimum absolute atomic E-state index is 0.201. The van der Waals surface area contributed by atoms with E-state index in [4.69, 9.17) is 10.8 Å². The molecule has 0 aliphatic rings. The molecule has 2 amide bonds. The molecule has 0 aliphatic carbocycles. The number of carboxylic acid groups (broad SMARTS) is 1. The largest absolute Gasteiger partial charge is 0.480 e. The van der Waals surface area contributed by atoms with Crippen LogP contribution in [-0.2, 0) is 14.4 Å². The first-order valence-corrected chi connectivity index (χ1v) is 8.72. The fourth-order valence-electron chi connectivity index (χ4n) is 1.72. The maximum atomic E-state index is 12.0. The Balaban J connectivity index is 4.52. The summed E-state index contributed by atoms with van der Waals surface area (Å²) in [5.41, 5.74) is 5.72. The molecule has 0 aromatic heterocycles. The highest BCUT2D eigenvalue weighted by atomic mass is 32.2. The van der Waals surface area contributed by atoms with Gasteiger partial charge in [-0.15, -0.1) is 0 Å². The zero-order valence-corrected chi connectivity index (χ0v) is 14.4. The molecule has 4 unspecified atom stereocenters. The summed E-state index contributed by atoms with van der Waals surface area (Å²) in [6, 6.07) is -2.48. The summed E-state index contributed by atoms with van der Waals surface area (Å²) in [4.78, 5) is 35.0. The number of nitrogens with one attached hydrogen (secondary N) is 2. The summed E-state index contributed by atoms with van der Waals surface area (Å²) in [5.74, 6) is -1.47. The van der Waals surface area contributed by atoms with Crippen molar-refractivity contribution >= 4 is 29.5 Å². The average Bonchev–Trinajstić information content (AvgIpc) is 2.48. The molecule has 0 heterocycles. The first kappa shape index (κ1) is 20.7. The normalized spacial score (nSPS) is 16.2. The standard InChI is InChI=1S/C14H27N3O4S/c1-5-8(2)11(14(20)21)17-12(18)9(3)16-13(19)10(15)6-7-22-4/h8-11H,5-7,15H2,1-4H3,(H,16,19)(H,17,18)(H,20,21). The lowest BCUT2D eigenvalue weighted by molar-refractivity contribution is -0.143. The predicted octanol–water partition coefficient (Wildman–Crippen LogP) is 0.187. The van der Waals surface area contributed by atoms with Gasteiger partial charge < -0.3 is 21.5 Å². The van der Waals surface area contributed by atoms with Crippen molar-refractivity contribution in [2.45, 2.75) is 51.7 Å². The minimum atomic E-state index is -1.09. The number of rotatable bonds is 10. The SMILES string of the molecule is CCC(C)C(NC(=O)C(C)NC(=O)C(N)CCSC)C(=O)O.